The van der Waals surface area contributed by atoms with Crippen LogP contribution in [0, 0.1) is 5.92 Å². The molecule has 0 aromatic rings. The molecule has 5 unspecified atom stereocenters. The minimum Gasteiger partial charge on any atom is -0.394 e. The Hall–Kier alpha value is -0.690. The Bertz CT molecular complexity index is 377. The van der Waals surface area contributed by atoms with Crippen LogP contribution >= 0.6 is 0 Å². The number of hydrogen-bond acceptors (Lipinski definition) is 5. The third kappa shape index (κ3) is 7.21. The Labute approximate surface area is 152 Å². The molecule has 0 spiro atoms. The van der Waals surface area contributed by atoms with E-state index in [1.807, 2.05) is 13.8 Å². The number of rotatable bonds is 11. The van der Waals surface area contributed by atoms with Gasteiger partial charge in [-0.2, -0.15) is 0 Å². The summed E-state index contributed by atoms with van der Waals surface area (Å²) < 4.78 is 5.70. The van der Waals surface area contributed by atoms with Crippen LogP contribution in [0.25, 0.3) is 0 Å². The van der Waals surface area contributed by atoms with Gasteiger partial charge in [0.2, 0.25) is 5.91 Å². The highest BCUT2D eigenvalue weighted by Crippen LogP contribution is 2.26. The number of hydrogen-bond donors (Lipinski definition) is 4. The maximum Gasteiger partial charge on any atom is 0.220 e. The fourth-order valence-corrected chi connectivity index (χ4v) is 3.38. The van der Waals surface area contributed by atoms with Gasteiger partial charge in [-0.05, 0) is 12.3 Å². The fraction of sp³-hybridized carbons (Fsp3) is 0.947. The molecule has 0 aliphatic carbocycles. The first-order chi connectivity index (χ1) is 11.9. The zero-order valence-electron chi connectivity index (χ0n) is 16.0. The molecule has 6 nitrogen and oxygen atoms in total. The Morgan fingerprint density at radius 1 is 1.04 bits per heavy atom. The van der Waals surface area contributed by atoms with E-state index in [-0.39, 0.29) is 18.4 Å². The molecule has 0 radical (unpaired) electrons. The number of amides is 1. The van der Waals surface area contributed by atoms with Crippen LogP contribution in [0.5, 0.6) is 0 Å². The Kier molecular flexibility index (Phi) is 10.6. The second kappa shape index (κ2) is 11.8. The van der Waals surface area contributed by atoms with Crippen LogP contribution in [0.15, 0.2) is 0 Å². The third-order valence-electron chi connectivity index (χ3n) is 4.96. The molecule has 1 aliphatic heterocycles. The first-order valence-corrected chi connectivity index (χ1v) is 9.84. The largest absolute Gasteiger partial charge is 0.394 e. The highest BCUT2D eigenvalue weighted by molar-refractivity contribution is 5.76. The SMILES string of the molecule is CCCCCCCCCC(=O)NC1C(O)C(O)C(CO)OC1C(C)C. The summed E-state index contributed by atoms with van der Waals surface area (Å²) in [6.45, 7) is 5.69. The van der Waals surface area contributed by atoms with E-state index in [0.717, 1.165) is 19.3 Å². The van der Waals surface area contributed by atoms with Crippen molar-refractivity contribution < 1.29 is 24.9 Å². The van der Waals surface area contributed by atoms with Crippen molar-refractivity contribution in [1.82, 2.24) is 5.32 Å². The van der Waals surface area contributed by atoms with Crippen LogP contribution in [0.1, 0.15) is 72.1 Å². The average Bonchev–Trinajstić information content (AvgIpc) is 2.58. The van der Waals surface area contributed by atoms with Gasteiger partial charge in [-0.15, -0.1) is 0 Å². The molecule has 148 valence electrons. The van der Waals surface area contributed by atoms with Gasteiger partial charge in [-0.25, -0.2) is 0 Å². The summed E-state index contributed by atoms with van der Waals surface area (Å²) in [6, 6.07) is -0.658. The number of carbonyl (C=O) groups is 1. The molecule has 1 fully saturated rings. The number of nitrogens with one attached hydrogen (secondary N) is 1. The number of carbonyl (C=O) groups excluding carboxylic acids is 1. The summed E-state index contributed by atoms with van der Waals surface area (Å²) in [5.74, 6) is -0.0819. The predicted molar refractivity (Wildman–Crippen MR) is 97.1 cm³/mol. The first kappa shape index (κ1) is 22.4. The Balaban J connectivity index is 2.42. The summed E-state index contributed by atoms with van der Waals surface area (Å²) in [5, 5.41) is 32.5. The molecule has 5 atom stereocenters. The van der Waals surface area contributed by atoms with Gasteiger partial charge in [-0.3, -0.25) is 4.79 Å². The van der Waals surface area contributed by atoms with Crippen molar-refractivity contribution in [3.8, 4) is 0 Å². The first-order valence-electron chi connectivity index (χ1n) is 9.84. The molecule has 1 rings (SSSR count). The van der Waals surface area contributed by atoms with Crippen LogP contribution in [-0.4, -0.2) is 58.3 Å². The van der Waals surface area contributed by atoms with Crippen LogP contribution < -0.4 is 5.32 Å². The van der Waals surface area contributed by atoms with Crippen molar-refractivity contribution in [3.63, 3.8) is 0 Å². The van der Waals surface area contributed by atoms with Gasteiger partial charge in [0.25, 0.3) is 0 Å². The van der Waals surface area contributed by atoms with Crippen LogP contribution in [0.3, 0.4) is 0 Å². The van der Waals surface area contributed by atoms with Gasteiger partial charge in [-0.1, -0.05) is 59.3 Å². The summed E-state index contributed by atoms with van der Waals surface area (Å²) >= 11 is 0. The summed E-state index contributed by atoms with van der Waals surface area (Å²) in [4.78, 5) is 12.2. The van der Waals surface area contributed by atoms with Gasteiger partial charge in [0.1, 0.15) is 18.3 Å². The van der Waals surface area contributed by atoms with Gasteiger partial charge < -0.3 is 25.4 Å². The predicted octanol–water partition coefficient (Wildman–Crippen LogP) is 1.75. The molecule has 6 heteroatoms. The van der Waals surface area contributed by atoms with Gasteiger partial charge in [0.05, 0.1) is 18.8 Å². The van der Waals surface area contributed by atoms with E-state index >= 15 is 0 Å². The molecule has 0 saturated carbocycles. The quantitative estimate of drug-likeness (QED) is 0.421. The second-order valence-electron chi connectivity index (χ2n) is 7.51. The topological polar surface area (TPSA) is 99.0 Å². The minimum absolute atomic E-state index is 0.0417. The molecule has 0 aromatic carbocycles. The maximum absolute atomic E-state index is 12.2. The molecule has 25 heavy (non-hydrogen) atoms. The van der Waals surface area contributed by atoms with E-state index in [2.05, 4.69) is 12.2 Å². The number of aliphatic hydroxyl groups excluding tert-OH is 3. The van der Waals surface area contributed by atoms with Crippen molar-refractivity contribution in [2.75, 3.05) is 6.61 Å². The van der Waals surface area contributed by atoms with E-state index < -0.39 is 30.5 Å². The lowest BCUT2D eigenvalue weighted by molar-refractivity contribution is -0.204. The minimum atomic E-state index is -1.20. The number of unbranched alkanes of at least 4 members (excludes halogenated alkanes) is 6. The normalized spacial score (nSPS) is 29.8. The molecule has 0 bridgehead atoms. The number of ether oxygens (including phenoxy) is 1. The molecule has 1 saturated heterocycles. The molecular formula is C19H37NO5. The van der Waals surface area contributed by atoms with Crippen LogP contribution in [0.4, 0.5) is 0 Å². The monoisotopic (exact) mass is 359 g/mol. The summed E-state index contributed by atoms with van der Waals surface area (Å²) in [7, 11) is 0. The van der Waals surface area contributed by atoms with Gasteiger partial charge >= 0.3 is 0 Å². The van der Waals surface area contributed by atoms with Crippen molar-refractivity contribution >= 4 is 5.91 Å². The zero-order valence-corrected chi connectivity index (χ0v) is 16.0. The Morgan fingerprint density at radius 3 is 2.20 bits per heavy atom. The van der Waals surface area contributed by atoms with Gasteiger partial charge in [0.15, 0.2) is 0 Å². The lowest BCUT2D eigenvalue weighted by Gasteiger charge is -2.44. The fourth-order valence-electron chi connectivity index (χ4n) is 3.38. The third-order valence-corrected chi connectivity index (χ3v) is 4.96. The van der Waals surface area contributed by atoms with Crippen LogP contribution in [0.2, 0.25) is 0 Å². The molecule has 0 aromatic heterocycles. The lowest BCUT2D eigenvalue weighted by atomic mass is 9.87. The lowest BCUT2D eigenvalue weighted by Crippen LogP contribution is -2.65. The van der Waals surface area contributed by atoms with E-state index in [4.69, 9.17) is 4.74 Å². The van der Waals surface area contributed by atoms with Crippen molar-refractivity contribution in [1.29, 1.82) is 0 Å². The standard InChI is InChI=1S/C19H37NO5/c1-4-5-6-7-8-9-10-11-15(22)20-16-18(24)17(23)14(12-21)25-19(16)13(2)3/h13-14,16-19,21,23-24H,4-12H2,1-3H3,(H,20,22). The molecule has 1 amide bonds. The second-order valence-corrected chi connectivity index (χ2v) is 7.51. The zero-order chi connectivity index (χ0) is 18.8. The Morgan fingerprint density at radius 2 is 1.64 bits per heavy atom. The van der Waals surface area contributed by atoms with Gasteiger partial charge in [0, 0.05) is 6.42 Å². The molecular weight excluding hydrogens is 322 g/mol. The number of aliphatic hydroxyl groups is 3. The van der Waals surface area contributed by atoms with E-state index in [0.29, 0.717) is 6.42 Å². The van der Waals surface area contributed by atoms with Crippen LogP contribution in [-0.2, 0) is 9.53 Å². The van der Waals surface area contributed by atoms with Crippen molar-refractivity contribution in [3.05, 3.63) is 0 Å². The highest BCUT2D eigenvalue weighted by atomic mass is 16.5. The molecule has 1 aliphatic rings. The van der Waals surface area contributed by atoms with Crippen molar-refractivity contribution in [2.24, 2.45) is 5.92 Å². The van der Waals surface area contributed by atoms with E-state index in [9.17, 15) is 20.1 Å². The maximum atomic E-state index is 12.2. The summed E-state index contributed by atoms with van der Waals surface area (Å²) in [6.07, 6.45) is 4.80. The smallest absolute Gasteiger partial charge is 0.220 e. The van der Waals surface area contributed by atoms with E-state index in [1.54, 1.807) is 0 Å². The summed E-state index contributed by atoms with van der Waals surface area (Å²) in [5.41, 5.74) is 0. The highest BCUT2D eigenvalue weighted by Gasteiger charge is 2.45. The van der Waals surface area contributed by atoms with E-state index in [1.165, 1.54) is 25.7 Å². The average molecular weight is 360 g/mol. The molecule has 4 N–H and O–H groups in total. The van der Waals surface area contributed by atoms with Crippen molar-refractivity contribution in [2.45, 2.75) is 103 Å². The molecule has 1 heterocycles.